The molecule has 0 aromatic heterocycles. The third-order valence-corrected chi connectivity index (χ3v) is 6.10. The molecule has 29 heavy (non-hydrogen) atoms. The Bertz CT molecular complexity index is 847. The molecule has 1 aliphatic heterocycles. The van der Waals surface area contributed by atoms with E-state index in [1.54, 1.807) is 17.0 Å². The number of hydrogen-bond donors (Lipinski definition) is 1. The third-order valence-electron chi connectivity index (χ3n) is 6.10. The van der Waals surface area contributed by atoms with E-state index in [4.69, 9.17) is 4.74 Å². The Morgan fingerprint density at radius 1 is 1.00 bits per heavy atom. The van der Waals surface area contributed by atoms with Crippen LogP contribution in [-0.2, 0) is 9.53 Å². The number of benzene rings is 2. The van der Waals surface area contributed by atoms with Crippen molar-refractivity contribution in [2.75, 3.05) is 6.61 Å². The van der Waals surface area contributed by atoms with Crippen LogP contribution >= 0.6 is 0 Å². The lowest BCUT2D eigenvalue weighted by atomic mass is 9.89. The van der Waals surface area contributed by atoms with Crippen LogP contribution in [0.5, 0.6) is 0 Å². The maximum atomic E-state index is 13.5. The molecule has 0 unspecified atom stereocenters. The molecule has 1 N–H and O–H groups in total. The van der Waals surface area contributed by atoms with Crippen molar-refractivity contribution in [2.45, 2.75) is 56.8 Å². The van der Waals surface area contributed by atoms with Gasteiger partial charge in [-0.05, 0) is 50.3 Å². The fourth-order valence-corrected chi connectivity index (χ4v) is 4.53. The lowest BCUT2D eigenvalue weighted by Crippen LogP contribution is -2.56. The van der Waals surface area contributed by atoms with Crippen LogP contribution in [0.15, 0.2) is 60.7 Å². The van der Waals surface area contributed by atoms with Crippen molar-refractivity contribution >= 4 is 11.8 Å². The van der Waals surface area contributed by atoms with Crippen molar-refractivity contribution in [2.24, 2.45) is 0 Å². The summed E-state index contributed by atoms with van der Waals surface area (Å²) in [5.41, 5.74) is 0.966. The van der Waals surface area contributed by atoms with Gasteiger partial charge in [0.25, 0.3) is 5.91 Å². The quantitative estimate of drug-likeness (QED) is 0.853. The van der Waals surface area contributed by atoms with E-state index in [0.29, 0.717) is 5.56 Å². The number of rotatable bonds is 4. The number of nitrogens with zero attached hydrogens (tertiary/aromatic N) is 1. The fourth-order valence-electron chi connectivity index (χ4n) is 4.53. The smallest absolute Gasteiger partial charge is 0.256 e. The van der Waals surface area contributed by atoms with Gasteiger partial charge in [0.15, 0.2) is 0 Å². The van der Waals surface area contributed by atoms with Crippen molar-refractivity contribution in [3.63, 3.8) is 0 Å². The highest BCUT2D eigenvalue weighted by Gasteiger charge is 2.53. The van der Waals surface area contributed by atoms with Gasteiger partial charge in [-0.3, -0.25) is 14.5 Å². The normalized spacial score (nSPS) is 21.7. The maximum Gasteiger partial charge on any atom is 0.256 e. The first-order valence-corrected chi connectivity index (χ1v) is 10.5. The van der Waals surface area contributed by atoms with E-state index in [1.807, 2.05) is 55.5 Å². The summed E-state index contributed by atoms with van der Waals surface area (Å²) in [6.07, 6.45) is 4.72. The van der Waals surface area contributed by atoms with Gasteiger partial charge in [-0.25, -0.2) is 0 Å². The van der Waals surface area contributed by atoms with Crippen molar-refractivity contribution in [3.05, 3.63) is 71.8 Å². The first-order chi connectivity index (χ1) is 14.1. The molecule has 4 rings (SSSR count). The molecule has 2 atom stereocenters. The number of ether oxygens (including phenoxy) is 1. The minimum absolute atomic E-state index is 0.127. The van der Waals surface area contributed by atoms with Crippen LogP contribution in [0.25, 0.3) is 0 Å². The van der Waals surface area contributed by atoms with Crippen molar-refractivity contribution in [3.8, 4) is 0 Å². The summed E-state index contributed by atoms with van der Waals surface area (Å²) in [6, 6.07) is 18.3. The van der Waals surface area contributed by atoms with E-state index >= 15 is 0 Å². The van der Waals surface area contributed by atoms with Crippen molar-refractivity contribution < 1.29 is 14.3 Å². The zero-order chi connectivity index (χ0) is 20.3. The molecular weight excluding hydrogens is 364 g/mol. The van der Waals surface area contributed by atoms with Gasteiger partial charge < -0.3 is 10.1 Å². The van der Waals surface area contributed by atoms with Crippen LogP contribution < -0.4 is 5.32 Å². The standard InChI is InChI=1S/C24H28N2O3/c1-18(19-11-5-2-6-12-19)25-22(27)21-17-29-24(15-9-4-10-16-24)26(21)23(28)20-13-7-3-8-14-20/h2-3,5-8,11-14,18,21H,4,9-10,15-17H2,1H3,(H,25,27)/t18-,21+/m1/s1. The van der Waals surface area contributed by atoms with Crippen LogP contribution in [0.4, 0.5) is 0 Å². The molecule has 5 nitrogen and oxygen atoms in total. The van der Waals surface area contributed by atoms with Crippen LogP contribution in [0.1, 0.15) is 61.0 Å². The Kier molecular flexibility index (Phi) is 5.67. The first-order valence-electron chi connectivity index (χ1n) is 10.5. The highest BCUT2D eigenvalue weighted by molar-refractivity contribution is 5.98. The zero-order valence-corrected chi connectivity index (χ0v) is 16.8. The van der Waals surface area contributed by atoms with Gasteiger partial charge >= 0.3 is 0 Å². The molecule has 0 bridgehead atoms. The number of amides is 2. The number of carbonyl (C=O) groups is 2. The summed E-state index contributed by atoms with van der Waals surface area (Å²) in [7, 11) is 0. The van der Waals surface area contributed by atoms with Gasteiger partial charge in [0, 0.05) is 5.56 Å². The highest BCUT2D eigenvalue weighted by atomic mass is 16.5. The Labute approximate surface area is 172 Å². The Balaban J connectivity index is 1.59. The van der Waals surface area contributed by atoms with E-state index in [1.165, 1.54) is 0 Å². The lowest BCUT2D eigenvalue weighted by Gasteiger charge is -2.41. The van der Waals surface area contributed by atoms with E-state index in [-0.39, 0.29) is 24.5 Å². The van der Waals surface area contributed by atoms with Crippen LogP contribution in [0, 0.1) is 0 Å². The van der Waals surface area contributed by atoms with Gasteiger partial charge in [-0.2, -0.15) is 0 Å². The molecule has 2 aromatic carbocycles. The minimum Gasteiger partial charge on any atom is -0.353 e. The Morgan fingerprint density at radius 3 is 2.28 bits per heavy atom. The first kappa shape index (κ1) is 19.6. The van der Waals surface area contributed by atoms with Crippen molar-refractivity contribution in [1.29, 1.82) is 0 Å². The Hall–Kier alpha value is -2.66. The van der Waals surface area contributed by atoms with Crippen LogP contribution in [0.2, 0.25) is 0 Å². The highest BCUT2D eigenvalue weighted by Crippen LogP contribution is 2.41. The van der Waals surface area contributed by atoms with E-state index < -0.39 is 11.8 Å². The van der Waals surface area contributed by atoms with Gasteiger partial charge in [0.2, 0.25) is 5.91 Å². The van der Waals surface area contributed by atoms with Gasteiger partial charge in [-0.15, -0.1) is 0 Å². The number of nitrogens with one attached hydrogen (secondary N) is 1. The molecule has 2 fully saturated rings. The maximum absolute atomic E-state index is 13.5. The number of carbonyl (C=O) groups excluding carboxylic acids is 2. The van der Waals surface area contributed by atoms with Crippen LogP contribution in [-0.4, -0.2) is 35.1 Å². The van der Waals surface area contributed by atoms with E-state index in [2.05, 4.69) is 5.32 Å². The van der Waals surface area contributed by atoms with E-state index in [0.717, 1.165) is 37.7 Å². The molecule has 1 heterocycles. The summed E-state index contributed by atoms with van der Waals surface area (Å²) in [4.78, 5) is 28.4. The molecule has 2 aliphatic rings. The molecule has 1 saturated heterocycles. The number of hydrogen-bond acceptors (Lipinski definition) is 3. The molecule has 1 saturated carbocycles. The third kappa shape index (κ3) is 3.92. The summed E-state index contributed by atoms with van der Waals surface area (Å²) >= 11 is 0. The Morgan fingerprint density at radius 2 is 1.62 bits per heavy atom. The lowest BCUT2D eigenvalue weighted by molar-refractivity contribution is -0.127. The van der Waals surface area contributed by atoms with Crippen molar-refractivity contribution in [1.82, 2.24) is 10.2 Å². The monoisotopic (exact) mass is 392 g/mol. The predicted octanol–water partition coefficient (Wildman–Crippen LogP) is 4.07. The van der Waals surface area contributed by atoms with Crippen LogP contribution in [0.3, 0.4) is 0 Å². The molecule has 152 valence electrons. The summed E-state index contributed by atoms with van der Waals surface area (Å²) in [6.45, 7) is 2.20. The molecule has 1 aliphatic carbocycles. The van der Waals surface area contributed by atoms with E-state index in [9.17, 15) is 9.59 Å². The SMILES string of the molecule is C[C@@H](NC(=O)[C@@H]1COC2(CCCCC2)N1C(=O)c1ccccc1)c1ccccc1. The average Bonchev–Trinajstić information content (AvgIpc) is 3.13. The zero-order valence-electron chi connectivity index (χ0n) is 16.8. The second kappa shape index (κ2) is 8.37. The molecule has 0 radical (unpaired) electrons. The molecule has 1 spiro atoms. The summed E-state index contributed by atoms with van der Waals surface area (Å²) < 4.78 is 6.20. The molecule has 2 aromatic rings. The van der Waals surface area contributed by atoms with Gasteiger partial charge in [0.1, 0.15) is 11.8 Å². The second-order valence-electron chi connectivity index (χ2n) is 8.02. The molecule has 5 heteroatoms. The summed E-state index contributed by atoms with van der Waals surface area (Å²) in [5, 5.41) is 3.08. The fraction of sp³-hybridized carbons (Fsp3) is 0.417. The minimum atomic E-state index is -0.664. The topological polar surface area (TPSA) is 58.6 Å². The average molecular weight is 392 g/mol. The molecular formula is C24H28N2O3. The van der Waals surface area contributed by atoms with Gasteiger partial charge in [0.05, 0.1) is 12.6 Å². The summed E-state index contributed by atoms with van der Waals surface area (Å²) in [5.74, 6) is -0.286. The molecule has 2 amide bonds. The second-order valence-corrected chi connectivity index (χ2v) is 8.02. The predicted molar refractivity (Wildman–Crippen MR) is 111 cm³/mol. The van der Waals surface area contributed by atoms with Gasteiger partial charge in [-0.1, -0.05) is 55.0 Å². The largest absolute Gasteiger partial charge is 0.353 e.